The fourth-order valence-corrected chi connectivity index (χ4v) is 2.17. The fraction of sp³-hybridized carbons (Fsp3) is 0.667. The van der Waals surface area contributed by atoms with Crippen molar-refractivity contribution >= 4 is 5.91 Å². The van der Waals surface area contributed by atoms with Gasteiger partial charge in [0.1, 0.15) is 0 Å². The lowest BCUT2D eigenvalue weighted by molar-refractivity contribution is -0.132. The molecule has 5 heteroatoms. The second-order valence-corrected chi connectivity index (χ2v) is 4.69. The first-order chi connectivity index (χ1) is 8.16. The summed E-state index contributed by atoms with van der Waals surface area (Å²) in [5.41, 5.74) is 7.86. The molecular weight excluding hydrogens is 216 g/mol. The number of nitrogens with two attached hydrogens (primary N) is 1. The number of amides is 1. The van der Waals surface area contributed by atoms with Gasteiger partial charge in [-0.05, 0) is 19.8 Å². The van der Waals surface area contributed by atoms with Crippen LogP contribution in [0.5, 0.6) is 0 Å². The van der Waals surface area contributed by atoms with Crippen molar-refractivity contribution in [1.29, 1.82) is 0 Å². The highest BCUT2D eigenvalue weighted by atomic mass is 16.2. The predicted molar refractivity (Wildman–Crippen MR) is 65.4 cm³/mol. The average Bonchev–Trinajstić information content (AvgIpc) is 2.73. The van der Waals surface area contributed by atoms with Gasteiger partial charge in [0.25, 0.3) is 0 Å². The SMILES string of the molecule is Cc1[nH]cnc1CCC(=O)N1CCC(N)CC1. The molecular formula is C12H20N4O. The number of carbonyl (C=O) groups excluding carboxylic acids is 1. The number of imidazole rings is 1. The molecule has 0 aromatic carbocycles. The summed E-state index contributed by atoms with van der Waals surface area (Å²) in [7, 11) is 0. The molecule has 1 fully saturated rings. The molecule has 0 aliphatic carbocycles. The molecule has 0 spiro atoms. The Bertz CT molecular complexity index is 380. The molecule has 0 saturated carbocycles. The van der Waals surface area contributed by atoms with E-state index in [-0.39, 0.29) is 11.9 Å². The number of piperidine rings is 1. The lowest BCUT2D eigenvalue weighted by Gasteiger charge is -2.30. The second kappa shape index (κ2) is 5.31. The third-order valence-corrected chi connectivity index (χ3v) is 3.40. The molecule has 17 heavy (non-hydrogen) atoms. The van der Waals surface area contributed by atoms with Crippen LogP contribution in [0.3, 0.4) is 0 Å². The van der Waals surface area contributed by atoms with Gasteiger partial charge in [0.05, 0.1) is 12.0 Å². The van der Waals surface area contributed by atoms with E-state index in [0.29, 0.717) is 6.42 Å². The number of H-pyrrole nitrogens is 1. The van der Waals surface area contributed by atoms with E-state index in [1.807, 2.05) is 11.8 Å². The molecule has 1 aliphatic heterocycles. The topological polar surface area (TPSA) is 75.0 Å². The van der Waals surface area contributed by atoms with Gasteiger partial charge >= 0.3 is 0 Å². The maximum atomic E-state index is 12.0. The molecule has 2 heterocycles. The van der Waals surface area contributed by atoms with E-state index in [2.05, 4.69) is 9.97 Å². The summed E-state index contributed by atoms with van der Waals surface area (Å²) in [4.78, 5) is 21.1. The fourth-order valence-electron chi connectivity index (χ4n) is 2.17. The van der Waals surface area contributed by atoms with Crippen LogP contribution in [0, 0.1) is 6.92 Å². The van der Waals surface area contributed by atoms with E-state index in [4.69, 9.17) is 5.73 Å². The Balaban J connectivity index is 1.80. The van der Waals surface area contributed by atoms with Crippen LogP contribution < -0.4 is 5.73 Å². The Labute approximate surface area is 101 Å². The summed E-state index contributed by atoms with van der Waals surface area (Å²) in [6, 6.07) is 0.271. The van der Waals surface area contributed by atoms with E-state index in [1.165, 1.54) is 0 Å². The van der Waals surface area contributed by atoms with Crippen molar-refractivity contribution in [2.24, 2.45) is 5.73 Å². The monoisotopic (exact) mass is 236 g/mol. The van der Waals surface area contributed by atoms with Crippen molar-refractivity contribution < 1.29 is 4.79 Å². The van der Waals surface area contributed by atoms with Gasteiger partial charge in [0.15, 0.2) is 0 Å². The highest BCUT2D eigenvalue weighted by Gasteiger charge is 2.20. The molecule has 0 unspecified atom stereocenters. The maximum absolute atomic E-state index is 12.0. The van der Waals surface area contributed by atoms with Crippen LogP contribution in [0.15, 0.2) is 6.33 Å². The molecule has 1 amide bonds. The van der Waals surface area contributed by atoms with Crippen LogP contribution >= 0.6 is 0 Å². The quantitative estimate of drug-likeness (QED) is 0.807. The molecule has 94 valence electrons. The number of aromatic nitrogens is 2. The van der Waals surface area contributed by atoms with Crippen molar-refractivity contribution in [3.63, 3.8) is 0 Å². The Hall–Kier alpha value is -1.36. The molecule has 3 N–H and O–H groups in total. The molecule has 5 nitrogen and oxygen atoms in total. The molecule has 2 rings (SSSR count). The van der Waals surface area contributed by atoms with Gasteiger partial charge in [-0.25, -0.2) is 4.98 Å². The minimum atomic E-state index is 0.222. The van der Waals surface area contributed by atoms with E-state index in [0.717, 1.165) is 43.7 Å². The predicted octanol–water partition coefficient (Wildman–Crippen LogP) is 0.600. The number of nitrogens with zero attached hydrogens (tertiary/aromatic N) is 2. The van der Waals surface area contributed by atoms with Crippen molar-refractivity contribution in [2.75, 3.05) is 13.1 Å². The van der Waals surface area contributed by atoms with Crippen LogP contribution in [0.25, 0.3) is 0 Å². The zero-order valence-corrected chi connectivity index (χ0v) is 10.3. The number of rotatable bonds is 3. The third kappa shape index (κ3) is 3.06. The average molecular weight is 236 g/mol. The van der Waals surface area contributed by atoms with Gasteiger partial charge in [-0.1, -0.05) is 0 Å². The van der Waals surface area contributed by atoms with Gasteiger partial charge in [-0.2, -0.15) is 0 Å². The number of nitrogens with one attached hydrogen (secondary N) is 1. The van der Waals surface area contributed by atoms with Gasteiger partial charge in [-0.15, -0.1) is 0 Å². The molecule has 0 atom stereocenters. The van der Waals surface area contributed by atoms with E-state index >= 15 is 0 Å². The molecule has 1 aromatic heterocycles. The minimum absolute atomic E-state index is 0.222. The smallest absolute Gasteiger partial charge is 0.222 e. The van der Waals surface area contributed by atoms with Gasteiger partial charge < -0.3 is 15.6 Å². The summed E-state index contributed by atoms with van der Waals surface area (Å²) in [5, 5.41) is 0. The first-order valence-electron chi connectivity index (χ1n) is 6.19. The summed E-state index contributed by atoms with van der Waals surface area (Å²) in [5.74, 6) is 0.222. The van der Waals surface area contributed by atoms with Gasteiger partial charge in [0, 0.05) is 37.7 Å². The van der Waals surface area contributed by atoms with Crippen molar-refractivity contribution in [3.8, 4) is 0 Å². The summed E-state index contributed by atoms with van der Waals surface area (Å²) in [6.07, 6.45) is 4.78. The minimum Gasteiger partial charge on any atom is -0.348 e. The molecule has 0 bridgehead atoms. The largest absolute Gasteiger partial charge is 0.348 e. The van der Waals surface area contributed by atoms with Crippen molar-refractivity contribution in [3.05, 3.63) is 17.7 Å². The Morgan fingerprint density at radius 2 is 2.29 bits per heavy atom. The number of hydrogen-bond donors (Lipinski definition) is 2. The van der Waals surface area contributed by atoms with Gasteiger partial charge in [0.2, 0.25) is 5.91 Å². The molecule has 1 aliphatic rings. The lowest BCUT2D eigenvalue weighted by Crippen LogP contribution is -2.42. The zero-order chi connectivity index (χ0) is 12.3. The van der Waals surface area contributed by atoms with Crippen LogP contribution in [-0.4, -0.2) is 39.9 Å². The summed E-state index contributed by atoms with van der Waals surface area (Å²) >= 11 is 0. The summed E-state index contributed by atoms with van der Waals surface area (Å²) < 4.78 is 0. The normalized spacial score (nSPS) is 17.4. The standard InChI is InChI=1S/C12H20N4O/c1-9-11(15-8-14-9)2-3-12(17)16-6-4-10(13)5-7-16/h8,10H,2-7,13H2,1H3,(H,14,15). The highest BCUT2D eigenvalue weighted by molar-refractivity contribution is 5.76. The lowest BCUT2D eigenvalue weighted by atomic mass is 10.1. The zero-order valence-electron chi connectivity index (χ0n) is 10.3. The van der Waals surface area contributed by atoms with Crippen LogP contribution in [0.4, 0.5) is 0 Å². The molecule has 1 saturated heterocycles. The van der Waals surface area contributed by atoms with Crippen molar-refractivity contribution in [1.82, 2.24) is 14.9 Å². The number of aryl methyl sites for hydroxylation is 2. The van der Waals surface area contributed by atoms with Gasteiger partial charge in [-0.3, -0.25) is 4.79 Å². The second-order valence-electron chi connectivity index (χ2n) is 4.69. The number of aromatic amines is 1. The first kappa shape index (κ1) is 12.1. The first-order valence-corrected chi connectivity index (χ1v) is 6.19. The molecule has 0 radical (unpaired) electrons. The van der Waals surface area contributed by atoms with E-state index < -0.39 is 0 Å². The van der Waals surface area contributed by atoms with E-state index in [9.17, 15) is 4.79 Å². The Morgan fingerprint density at radius 3 is 2.88 bits per heavy atom. The number of likely N-dealkylation sites (tertiary alicyclic amines) is 1. The summed E-state index contributed by atoms with van der Waals surface area (Å²) in [6.45, 7) is 3.59. The van der Waals surface area contributed by atoms with E-state index in [1.54, 1.807) is 6.33 Å². The number of hydrogen-bond acceptors (Lipinski definition) is 3. The highest BCUT2D eigenvalue weighted by Crippen LogP contribution is 2.11. The third-order valence-electron chi connectivity index (χ3n) is 3.40. The van der Waals surface area contributed by atoms with Crippen molar-refractivity contribution in [2.45, 2.75) is 38.6 Å². The molecule has 1 aromatic rings. The Kier molecular flexibility index (Phi) is 3.78. The van der Waals surface area contributed by atoms with Crippen LogP contribution in [-0.2, 0) is 11.2 Å². The number of carbonyl (C=O) groups is 1. The Morgan fingerprint density at radius 1 is 1.59 bits per heavy atom. The maximum Gasteiger partial charge on any atom is 0.222 e. The van der Waals surface area contributed by atoms with Crippen LogP contribution in [0.2, 0.25) is 0 Å². The van der Waals surface area contributed by atoms with Crippen LogP contribution in [0.1, 0.15) is 30.7 Å².